The summed E-state index contributed by atoms with van der Waals surface area (Å²) in [4.78, 5) is 27.6. The standard InChI is InChI=1S/C30H31NO7/c1-19-6-4-7-20(16-19)18-38-23-11-8-21(9-12-23)28(33)26-27(22-10-13-24(32)25(17-22)37-3)31(14-5-15-36-2)30(35)29(26)34/h4,6-13,16-17,27,32-33H,5,14-15,18H2,1-3H3/t27-/m0/s1. The number of nitrogens with zero attached hydrogens (tertiary/aromatic N) is 1. The zero-order valence-corrected chi connectivity index (χ0v) is 21.6. The highest BCUT2D eigenvalue weighted by molar-refractivity contribution is 6.46. The summed E-state index contributed by atoms with van der Waals surface area (Å²) in [7, 11) is 2.97. The van der Waals surface area contributed by atoms with Gasteiger partial charge in [0.2, 0.25) is 0 Å². The van der Waals surface area contributed by atoms with Crippen molar-refractivity contribution in [2.75, 3.05) is 27.4 Å². The van der Waals surface area contributed by atoms with Crippen molar-refractivity contribution >= 4 is 17.4 Å². The molecule has 1 saturated heterocycles. The first-order valence-corrected chi connectivity index (χ1v) is 12.3. The molecule has 1 atom stereocenters. The number of phenols is 1. The van der Waals surface area contributed by atoms with Crippen LogP contribution in [0.15, 0.2) is 72.3 Å². The van der Waals surface area contributed by atoms with Gasteiger partial charge in [-0.05, 0) is 60.9 Å². The summed E-state index contributed by atoms with van der Waals surface area (Å²) in [6, 6.07) is 18.5. The Morgan fingerprint density at radius 3 is 2.45 bits per heavy atom. The van der Waals surface area contributed by atoms with Gasteiger partial charge in [0, 0.05) is 25.8 Å². The van der Waals surface area contributed by atoms with E-state index in [0.29, 0.717) is 36.5 Å². The van der Waals surface area contributed by atoms with Crippen LogP contribution in [-0.4, -0.2) is 54.2 Å². The van der Waals surface area contributed by atoms with Crippen LogP contribution in [0.4, 0.5) is 0 Å². The minimum Gasteiger partial charge on any atom is -0.507 e. The number of Topliss-reactive ketones (excluding diaryl/α,β-unsaturated/α-hetero) is 1. The number of benzene rings is 3. The van der Waals surface area contributed by atoms with E-state index in [-0.39, 0.29) is 29.4 Å². The lowest BCUT2D eigenvalue weighted by atomic mass is 9.95. The van der Waals surface area contributed by atoms with Gasteiger partial charge in [-0.2, -0.15) is 0 Å². The number of carbonyl (C=O) groups excluding carboxylic acids is 2. The number of hydrogen-bond donors (Lipinski definition) is 2. The number of aliphatic hydroxyl groups excluding tert-OH is 1. The number of carbonyl (C=O) groups is 2. The molecule has 0 spiro atoms. The van der Waals surface area contributed by atoms with Gasteiger partial charge in [0.15, 0.2) is 11.5 Å². The number of aryl methyl sites for hydroxylation is 1. The van der Waals surface area contributed by atoms with Crippen molar-refractivity contribution in [3.05, 3.63) is 94.6 Å². The van der Waals surface area contributed by atoms with E-state index in [2.05, 4.69) is 0 Å². The first kappa shape index (κ1) is 26.8. The molecule has 8 nitrogen and oxygen atoms in total. The van der Waals surface area contributed by atoms with E-state index >= 15 is 0 Å². The van der Waals surface area contributed by atoms with Crippen molar-refractivity contribution in [3.8, 4) is 17.2 Å². The van der Waals surface area contributed by atoms with Crippen molar-refractivity contribution in [3.63, 3.8) is 0 Å². The van der Waals surface area contributed by atoms with Crippen LogP contribution in [0.2, 0.25) is 0 Å². The van der Waals surface area contributed by atoms with Gasteiger partial charge in [0.1, 0.15) is 18.1 Å². The molecule has 1 amide bonds. The van der Waals surface area contributed by atoms with Gasteiger partial charge in [0.25, 0.3) is 11.7 Å². The lowest BCUT2D eigenvalue weighted by molar-refractivity contribution is -0.140. The summed E-state index contributed by atoms with van der Waals surface area (Å²) in [5.74, 6) is -1.06. The first-order chi connectivity index (χ1) is 18.3. The Bertz CT molecular complexity index is 1350. The fraction of sp³-hybridized carbons (Fsp3) is 0.267. The maximum absolute atomic E-state index is 13.2. The fourth-order valence-corrected chi connectivity index (χ4v) is 4.53. The molecule has 1 aliphatic rings. The molecule has 38 heavy (non-hydrogen) atoms. The van der Waals surface area contributed by atoms with Crippen LogP contribution in [0, 0.1) is 6.92 Å². The number of phenolic OH excluding ortho intramolecular Hbond substituents is 1. The van der Waals surface area contributed by atoms with Crippen molar-refractivity contribution in [2.45, 2.75) is 26.0 Å². The second-order valence-corrected chi connectivity index (χ2v) is 9.07. The molecule has 1 heterocycles. The van der Waals surface area contributed by atoms with E-state index < -0.39 is 17.7 Å². The Kier molecular flexibility index (Phi) is 8.33. The van der Waals surface area contributed by atoms with Crippen LogP contribution in [-0.2, 0) is 20.9 Å². The number of aliphatic hydroxyl groups is 1. The van der Waals surface area contributed by atoms with E-state index in [4.69, 9.17) is 14.2 Å². The van der Waals surface area contributed by atoms with Crippen LogP contribution < -0.4 is 9.47 Å². The summed E-state index contributed by atoms with van der Waals surface area (Å²) >= 11 is 0. The number of methoxy groups -OCH3 is 2. The SMILES string of the molecule is COCCCN1C(=O)C(=O)C(=C(O)c2ccc(OCc3cccc(C)c3)cc2)[C@@H]1c1ccc(O)c(OC)c1. The highest BCUT2D eigenvalue weighted by atomic mass is 16.5. The number of ether oxygens (including phenoxy) is 3. The third-order valence-corrected chi connectivity index (χ3v) is 6.42. The summed E-state index contributed by atoms with van der Waals surface area (Å²) < 4.78 is 16.2. The van der Waals surface area contributed by atoms with Crippen LogP contribution in [0.5, 0.6) is 17.2 Å². The normalized spacial score (nSPS) is 16.6. The number of likely N-dealkylation sites (tertiary alicyclic amines) is 1. The number of rotatable bonds is 10. The number of ketones is 1. The maximum atomic E-state index is 13.2. The average molecular weight is 518 g/mol. The van der Waals surface area contributed by atoms with Crippen LogP contribution in [0.3, 0.4) is 0 Å². The fourth-order valence-electron chi connectivity index (χ4n) is 4.53. The predicted octanol–water partition coefficient (Wildman–Crippen LogP) is 4.75. The van der Waals surface area contributed by atoms with Crippen molar-refractivity contribution in [1.82, 2.24) is 4.90 Å². The quantitative estimate of drug-likeness (QED) is 0.173. The monoisotopic (exact) mass is 517 g/mol. The Morgan fingerprint density at radius 2 is 1.76 bits per heavy atom. The highest BCUT2D eigenvalue weighted by Crippen LogP contribution is 2.42. The van der Waals surface area contributed by atoms with E-state index in [1.54, 1.807) is 43.5 Å². The van der Waals surface area contributed by atoms with Gasteiger partial charge in [-0.1, -0.05) is 35.9 Å². The Hall–Kier alpha value is -4.30. The van der Waals surface area contributed by atoms with Gasteiger partial charge in [-0.15, -0.1) is 0 Å². The van der Waals surface area contributed by atoms with Gasteiger partial charge >= 0.3 is 0 Å². The van der Waals surface area contributed by atoms with Crippen LogP contribution >= 0.6 is 0 Å². The molecule has 2 N–H and O–H groups in total. The average Bonchev–Trinajstić information content (AvgIpc) is 3.17. The topological polar surface area (TPSA) is 106 Å². The first-order valence-electron chi connectivity index (χ1n) is 12.3. The third-order valence-electron chi connectivity index (χ3n) is 6.42. The molecule has 0 bridgehead atoms. The minimum atomic E-state index is -0.862. The molecule has 0 unspecified atom stereocenters. The molecule has 1 aliphatic heterocycles. The van der Waals surface area contributed by atoms with E-state index in [9.17, 15) is 19.8 Å². The zero-order valence-electron chi connectivity index (χ0n) is 21.6. The molecule has 3 aromatic rings. The Balaban J connectivity index is 1.66. The van der Waals surface area contributed by atoms with Crippen molar-refractivity contribution in [2.24, 2.45) is 0 Å². The zero-order chi connectivity index (χ0) is 27.2. The van der Waals surface area contributed by atoms with Gasteiger partial charge in [-0.25, -0.2) is 0 Å². The molecule has 3 aromatic carbocycles. The van der Waals surface area contributed by atoms with Crippen LogP contribution in [0.25, 0.3) is 5.76 Å². The van der Waals surface area contributed by atoms with E-state index in [1.807, 2.05) is 31.2 Å². The molecule has 0 aliphatic carbocycles. The molecule has 198 valence electrons. The Labute approximate surface area is 221 Å². The summed E-state index contributed by atoms with van der Waals surface area (Å²) in [6.45, 7) is 3.06. The second kappa shape index (κ2) is 11.8. The molecule has 1 fully saturated rings. The smallest absolute Gasteiger partial charge is 0.295 e. The molecule has 8 heteroatoms. The molecular formula is C30H31NO7. The predicted molar refractivity (Wildman–Crippen MR) is 142 cm³/mol. The summed E-state index contributed by atoms with van der Waals surface area (Å²) in [5.41, 5.74) is 3.05. The maximum Gasteiger partial charge on any atom is 0.295 e. The van der Waals surface area contributed by atoms with Gasteiger partial charge < -0.3 is 29.3 Å². The van der Waals surface area contributed by atoms with Crippen LogP contribution in [0.1, 0.15) is 34.7 Å². The van der Waals surface area contributed by atoms with Crippen molar-refractivity contribution in [1.29, 1.82) is 0 Å². The second-order valence-electron chi connectivity index (χ2n) is 9.07. The molecule has 0 saturated carbocycles. The van der Waals surface area contributed by atoms with Gasteiger partial charge in [-0.3, -0.25) is 9.59 Å². The number of amides is 1. The Morgan fingerprint density at radius 1 is 1.00 bits per heavy atom. The van der Waals surface area contributed by atoms with Crippen molar-refractivity contribution < 1.29 is 34.0 Å². The molecule has 4 rings (SSSR count). The summed E-state index contributed by atoms with van der Waals surface area (Å²) in [6.07, 6.45) is 0.502. The number of hydrogen-bond acceptors (Lipinski definition) is 7. The largest absolute Gasteiger partial charge is 0.507 e. The highest BCUT2D eigenvalue weighted by Gasteiger charge is 2.46. The molecular weight excluding hydrogens is 486 g/mol. The lowest BCUT2D eigenvalue weighted by Crippen LogP contribution is -2.31. The minimum absolute atomic E-state index is 0.0337. The molecule has 0 aromatic heterocycles. The summed E-state index contributed by atoms with van der Waals surface area (Å²) in [5, 5.41) is 21.3. The lowest BCUT2D eigenvalue weighted by Gasteiger charge is -2.25. The number of aromatic hydroxyl groups is 1. The molecule has 0 radical (unpaired) electrons. The van der Waals surface area contributed by atoms with E-state index in [0.717, 1.165) is 11.1 Å². The van der Waals surface area contributed by atoms with Gasteiger partial charge in [0.05, 0.1) is 18.7 Å². The third kappa shape index (κ3) is 5.65. The van der Waals surface area contributed by atoms with E-state index in [1.165, 1.54) is 18.1 Å².